The van der Waals surface area contributed by atoms with E-state index in [0.29, 0.717) is 11.0 Å². The average Bonchev–Trinajstić information content (AvgIpc) is 2.61. The molecule has 4 nitrogen and oxygen atoms in total. The van der Waals surface area contributed by atoms with Gasteiger partial charge in [-0.15, -0.1) is 0 Å². The van der Waals surface area contributed by atoms with E-state index >= 15 is 0 Å². The lowest BCUT2D eigenvalue weighted by Crippen LogP contribution is -2.29. The highest BCUT2D eigenvalue weighted by Gasteiger charge is 2.26. The predicted molar refractivity (Wildman–Crippen MR) is 111 cm³/mol. The lowest BCUT2D eigenvalue weighted by Gasteiger charge is -2.31. The maximum atomic E-state index is 12.0. The molecule has 1 aliphatic rings. The van der Waals surface area contributed by atoms with Crippen LogP contribution >= 0.6 is 0 Å². The Morgan fingerprint density at radius 1 is 1.22 bits per heavy atom. The molecule has 1 aromatic heterocycles. The monoisotopic (exact) mass is 363 g/mol. The molecule has 0 fully saturated rings. The normalized spacial score (nSPS) is 16.5. The van der Waals surface area contributed by atoms with Crippen molar-refractivity contribution in [1.82, 2.24) is 4.98 Å². The van der Waals surface area contributed by atoms with Crippen LogP contribution in [0.3, 0.4) is 0 Å². The number of hydrogen-bond acceptors (Lipinski definition) is 3. The summed E-state index contributed by atoms with van der Waals surface area (Å²) in [6, 6.07) is 11.8. The van der Waals surface area contributed by atoms with Gasteiger partial charge in [0, 0.05) is 11.8 Å². The second-order valence-electron chi connectivity index (χ2n) is 8.69. The maximum absolute atomic E-state index is 12.0. The summed E-state index contributed by atoms with van der Waals surface area (Å²) in [5.41, 5.74) is 9.52. The van der Waals surface area contributed by atoms with Gasteiger partial charge in [0.25, 0.3) is 0 Å². The van der Waals surface area contributed by atoms with E-state index in [1.807, 2.05) is 30.3 Å². The largest absolute Gasteiger partial charge is 0.366 e. The second kappa shape index (κ2) is 7.18. The minimum Gasteiger partial charge on any atom is -0.366 e. The summed E-state index contributed by atoms with van der Waals surface area (Å²) in [6.07, 6.45) is 7.13. The number of anilines is 1. The van der Waals surface area contributed by atoms with E-state index in [0.717, 1.165) is 36.2 Å². The van der Waals surface area contributed by atoms with E-state index in [1.165, 1.54) is 5.57 Å². The minimum absolute atomic E-state index is 0.313. The van der Waals surface area contributed by atoms with Crippen molar-refractivity contribution in [3.63, 3.8) is 0 Å². The van der Waals surface area contributed by atoms with Crippen molar-refractivity contribution in [2.24, 2.45) is 11.1 Å². The molecule has 0 saturated heterocycles. The van der Waals surface area contributed by atoms with Gasteiger partial charge in [-0.05, 0) is 79.5 Å². The summed E-state index contributed by atoms with van der Waals surface area (Å²) in [7, 11) is 0. The Hall–Kier alpha value is -2.62. The van der Waals surface area contributed by atoms with Crippen molar-refractivity contribution in [3.05, 3.63) is 65.4 Å². The van der Waals surface area contributed by atoms with Crippen LogP contribution in [0.15, 0.2) is 48.7 Å². The number of rotatable bonds is 5. The molecule has 3 N–H and O–H groups in total. The molecule has 142 valence electrons. The fourth-order valence-electron chi connectivity index (χ4n) is 3.56. The maximum Gasteiger partial charge on any atom is 0.249 e. The Morgan fingerprint density at radius 3 is 2.59 bits per heavy atom. The summed E-state index contributed by atoms with van der Waals surface area (Å²) in [6.45, 7) is 8.80. The van der Waals surface area contributed by atoms with Crippen LogP contribution in [0.1, 0.15) is 68.4 Å². The minimum atomic E-state index is -0.377. The van der Waals surface area contributed by atoms with Gasteiger partial charge in [-0.25, -0.2) is 4.98 Å². The molecule has 1 amide bonds. The first kappa shape index (κ1) is 19.2. The van der Waals surface area contributed by atoms with Crippen molar-refractivity contribution in [1.29, 1.82) is 0 Å². The predicted octanol–water partition coefficient (Wildman–Crippen LogP) is 5.12. The number of nitrogens with two attached hydrogens (primary N) is 1. The Bertz CT molecular complexity index is 866. The van der Waals surface area contributed by atoms with E-state index < -0.39 is 0 Å². The molecule has 0 atom stereocenters. The van der Waals surface area contributed by atoms with Gasteiger partial charge in [0.05, 0.1) is 5.54 Å². The first-order valence-corrected chi connectivity index (χ1v) is 9.51. The molecule has 2 aromatic rings. The molecular weight excluding hydrogens is 334 g/mol. The highest BCUT2D eigenvalue weighted by molar-refractivity contribution is 5.98. The van der Waals surface area contributed by atoms with Crippen LogP contribution in [0.5, 0.6) is 0 Å². The van der Waals surface area contributed by atoms with Crippen LogP contribution in [0.25, 0.3) is 5.57 Å². The molecule has 0 spiro atoms. The molecule has 0 aliphatic heterocycles. The van der Waals surface area contributed by atoms with E-state index in [2.05, 4.69) is 50.1 Å². The summed E-state index contributed by atoms with van der Waals surface area (Å²) in [5.74, 6) is 0.444. The standard InChI is InChI=1S/C23H29N3O/c1-22(2)12-10-16(11-13-22)19-15-17(8-9-18(19)21(24)27)23(3,4)26-20-7-5-6-14-25-20/h5-10,14-15H,11-13H2,1-4H3,(H2,24,27)(H,25,26). The number of primary amides is 1. The Labute approximate surface area is 161 Å². The molecule has 0 radical (unpaired) electrons. The third-order valence-corrected chi connectivity index (χ3v) is 5.43. The molecular formula is C23H29N3O. The van der Waals surface area contributed by atoms with Crippen molar-refractivity contribution in [2.75, 3.05) is 5.32 Å². The van der Waals surface area contributed by atoms with Gasteiger partial charge in [-0.2, -0.15) is 0 Å². The third kappa shape index (κ3) is 4.38. The lowest BCUT2D eigenvalue weighted by molar-refractivity contribution is 0.1000. The molecule has 4 heteroatoms. The zero-order valence-corrected chi connectivity index (χ0v) is 16.7. The van der Waals surface area contributed by atoms with Crippen LogP contribution in [-0.4, -0.2) is 10.9 Å². The molecule has 0 bridgehead atoms. The fraction of sp³-hybridized carbons (Fsp3) is 0.391. The number of pyridine rings is 1. The topological polar surface area (TPSA) is 68.0 Å². The highest BCUT2D eigenvalue weighted by Crippen LogP contribution is 2.39. The third-order valence-electron chi connectivity index (χ3n) is 5.43. The first-order valence-electron chi connectivity index (χ1n) is 9.51. The van der Waals surface area contributed by atoms with Crippen LogP contribution in [0.2, 0.25) is 0 Å². The van der Waals surface area contributed by atoms with Crippen molar-refractivity contribution < 1.29 is 4.79 Å². The molecule has 0 unspecified atom stereocenters. The summed E-state index contributed by atoms with van der Waals surface area (Å²) >= 11 is 0. The van der Waals surface area contributed by atoms with Gasteiger partial charge >= 0.3 is 0 Å². The summed E-state index contributed by atoms with van der Waals surface area (Å²) in [4.78, 5) is 16.4. The van der Waals surface area contributed by atoms with E-state index in [4.69, 9.17) is 5.73 Å². The molecule has 0 saturated carbocycles. The molecule has 27 heavy (non-hydrogen) atoms. The molecule has 1 aliphatic carbocycles. The number of amides is 1. The lowest BCUT2D eigenvalue weighted by atomic mass is 9.76. The zero-order valence-electron chi connectivity index (χ0n) is 16.7. The van der Waals surface area contributed by atoms with E-state index in [1.54, 1.807) is 6.20 Å². The van der Waals surface area contributed by atoms with Crippen molar-refractivity contribution in [2.45, 2.75) is 52.5 Å². The summed E-state index contributed by atoms with van der Waals surface area (Å²) in [5, 5.41) is 3.48. The van der Waals surface area contributed by atoms with E-state index in [-0.39, 0.29) is 11.4 Å². The van der Waals surface area contributed by atoms with Gasteiger partial charge in [0.2, 0.25) is 5.91 Å². The zero-order chi connectivity index (χ0) is 19.7. The number of aromatic nitrogens is 1. The number of nitrogens with one attached hydrogen (secondary N) is 1. The van der Waals surface area contributed by atoms with Gasteiger partial charge < -0.3 is 11.1 Å². The van der Waals surface area contributed by atoms with Crippen LogP contribution in [0.4, 0.5) is 5.82 Å². The molecule has 1 heterocycles. The number of nitrogens with zero attached hydrogens (tertiary/aromatic N) is 1. The van der Waals surface area contributed by atoms with E-state index in [9.17, 15) is 4.79 Å². The Morgan fingerprint density at radius 2 is 2.00 bits per heavy atom. The van der Waals surface area contributed by atoms with Crippen LogP contribution < -0.4 is 11.1 Å². The average molecular weight is 364 g/mol. The van der Waals surface area contributed by atoms with Gasteiger partial charge in [-0.3, -0.25) is 4.79 Å². The van der Waals surface area contributed by atoms with Gasteiger partial charge in [-0.1, -0.05) is 32.1 Å². The van der Waals surface area contributed by atoms with Crippen molar-refractivity contribution >= 4 is 17.3 Å². The number of allylic oxidation sites excluding steroid dienone is 2. The number of carbonyl (C=O) groups excluding carboxylic acids is 1. The summed E-state index contributed by atoms with van der Waals surface area (Å²) < 4.78 is 0. The second-order valence-corrected chi connectivity index (χ2v) is 8.69. The Balaban J connectivity index is 1.98. The van der Waals surface area contributed by atoms with Crippen LogP contribution in [-0.2, 0) is 5.54 Å². The smallest absolute Gasteiger partial charge is 0.249 e. The fourth-order valence-corrected chi connectivity index (χ4v) is 3.56. The van der Waals surface area contributed by atoms with Crippen LogP contribution in [0, 0.1) is 5.41 Å². The van der Waals surface area contributed by atoms with Gasteiger partial charge in [0.15, 0.2) is 0 Å². The number of hydrogen-bond donors (Lipinski definition) is 2. The van der Waals surface area contributed by atoms with Crippen molar-refractivity contribution in [3.8, 4) is 0 Å². The number of benzene rings is 1. The highest BCUT2D eigenvalue weighted by atomic mass is 16.1. The Kier molecular flexibility index (Phi) is 5.09. The SMILES string of the molecule is CC1(C)CC=C(c2cc(C(C)(C)Nc3ccccn3)ccc2C(N)=O)CC1. The molecule has 3 rings (SSSR count). The first-order chi connectivity index (χ1) is 12.7. The number of carbonyl (C=O) groups is 1. The quantitative estimate of drug-likeness (QED) is 0.774. The van der Waals surface area contributed by atoms with Gasteiger partial charge in [0.1, 0.15) is 5.82 Å². The molecule has 1 aromatic carbocycles.